The van der Waals surface area contributed by atoms with Crippen molar-refractivity contribution in [2.75, 3.05) is 23.0 Å². The Morgan fingerprint density at radius 3 is 2.40 bits per heavy atom. The van der Waals surface area contributed by atoms with Crippen LogP contribution in [-0.4, -0.2) is 29.3 Å². The first-order chi connectivity index (χ1) is 9.58. The summed E-state index contributed by atoms with van der Waals surface area (Å²) in [6.07, 6.45) is 1.60. The molecule has 20 heavy (non-hydrogen) atoms. The molecule has 1 aromatic rings. The topological polar surface area (TPSA) is 40.5 Å². The van der Waals surface area contributed by atoms with E-state index in [1.165, 1.54) is 34.8 Å². The number of carboxylic acid groups (broad SMARTS) is 1. The van der Waals surface area contributed by atoms with Crippen LogP contribution in [0.2, 0.25) is 0 Å². The Balaban J connectivity index is 2.11. The summed E-state index contributed by atoms with van der Waals surface area (Å²) in [4.78, 5) is 12.8. The van der Waals surface area contributed by atoms with Gasteiger partial charge in [-0.15, -0.1) is 0 Å². The van der Waals surface area contributed by atoms with Crippen molar-refractivity contribution in [1.82, 2.24) is 0 Å². The number of hydrogen-bond donors (Lipinski definition) is 1. The molecular weight excluding hydrogens is 270 g/mol. The van der Waals surface area contributed by atoms with Crippen molar-refractivity contribution in [1.29, 1.82) is 0 Å². The van der Waals surface area contributed by atoms with E-state index in [-0.39, 0.29) is 0 Å². The maximum absolute atomic E-state index is 11.3. The van der Waals surface area contributed by atoms with Gasteiger partial charge in [-0.2, -0.15) is 11.8 Å². The molecule has 1 saturated heterocycles. The van der Waals surface area contributed by atoms with Crippen molar-refractivity contribution < 1.29 is 9.90 Å². The molecule has 2 rings (SSSR count). The first-order valence-corrected chi connectivity index (χ1v) is 8.41. The summed E-state index contributed by atoms with van der Waals surface area (Å²) in [7, 11) is 0. The fourth-order valence-electron chi connectivity index (χ4n) is 2.62. The minimum atomic E-state index is -0.875. The third-order valence-corrected chi connectivity index (χ3v) is 4.72. The molecule has 1 amide bonds. The number of anilines is 1. The normalized spacial score (nSPS) is 16.4. The van der Waals surface area contributed by atoms with Crippen LogP contribution in [0.3, 0.4) is 0 Å². The molecule has 0 spiro atoms. The molecule has 0 aliphatic carbocycles. The number of hydrogen-bond acceptors (Lipinski definition) is 2. The van der Waals surface area contributed by atoms with Crippen molar-refractivity contribution >= 4 is 23.5 Å². The Morgan fingerprint density at radius 1 is 1.30 bits per heavy atom. The van der Waals surface area contributed by atoms with E-state index in [4.69, 9.17) is 0 Å². The van der Waals surface area contributed by atoms with Crippen molar-refractivity contribution in [2.24, 2.45) is 5.92 Å². The number of amides is 1. The van der Waals surface area contributed by atoms with Gasteiger partial charge in [-0.05, 0) is 53.9 Å². The van der Waals surface area contributed by atoms with E-state index >= 15 is 0 Å². The smallest absolute Gasteiger partial charge is 0.411 e. The maximum Gasteiger partial charge on any atom is 0.411 e. The highest BCUT2D eigenvalue weighted by atomic mass is 32.2. The van der Waals surface area contributed by atoms with Gasteiger partial charge in [0.25, 0.3) is 0 Å². The van der Waals surface area contributed by atoms with Gasteiger partial charge >= 0.3 is 6.09 Å². The molecule has 110 valence electrons. The van der Waals surface area contributed by atoms with Crippen LogP contribution in [-0.2, 0) is 0 Å². The fraction of sp³-hybridized carbons (Fsp3) is 0.562. The zero-order valence-corrected chi connectivity index (χ0v) is 13.0. The lowest BCUT2D eigenvalue weighted by atomic mass is 9.93. The van der Waals surface area contributed by atoms with Crippen LogP contribution in [0.25, 0.3) is 0 Å². The monoisotopic (exact) mass is 293 g/mol. The Labute approximate surface area is 125 Å². The Kier molecular flexibility index (Phi) is 5.35. The number of nitrogens with zero attached hydrogens (tertiary/aromatic N) is 1. The van der Waals surface area contributed by atoms with Gasteiger partial charge < -0.3 is 5.11 Å². The van der Waals surface area contributed by atoms with Crippen molar-refractivity contribution in [2.45, 2.75) is 32.6 Å². The van der Waals surface area contributed by atoms with Crippen LogP contribution in [0.4, 0.5) is 10.5 Å². The molecule has 1 aliphatic rings. The lowest BCUT2D eigenvalue weighted by molar-refractivity contribution is 0.201. The maximum atomic E-state index is 11.3. The molecule has 0 unspecified atom stereocenters. The third kappa shape index (κ3) is 3.92. The third-order valence-electron chi connectivity index (χ3n) is 3.68. The summed E-state index contributed by atoms with van der Waals surface area (Å²) in [6, 6.07) is 8.11. The first-order valence-electron chi connectivity index (χ1n) is 7.26. The van der Waals surface area contributed by atoms with Crippen LogP contribution in [0, 0.1) is 5.92 Å². The van der Waals surface area contributed by atoms with Gasteiger partial charge in [-0.25, -0.2) is 4.79 Å². The number of benzene rings is 1. The fourth-order valence-corrected chi connectivity index (χ4v) is 3.72. The molecule has 1 aliphatic heterocycles. The average Bonchev–Trinajstić information content (AvgIpc) is 2.45. The average molecular weight is 293 g/mol. The second-order valence-electron chi connectivity index (χ2n) is 5.77. The van der Waals surface area contributed by atoms with Gasteiger partial charge in [0, 0.05) is 12.2 Å². The van der Waals surface area contributed by atoms with Gasteiger partial charge in [-0.3, -0.25) is 4.90 Å². The van der Waals surface area contributed by atoms with Gasteiger partial charge in [0.05, 0.1) is 0 Å². The molecular formula is C16H23NO2S. The minimum absolute atomic E-state index is 0.321. The molecule has 0 saturated carbocycles. The molecule has 1 heterocycles. The highest BCUT2D eigenvalue weighted by Gasteiger charge is 2.18. The summed E-state index contributed by atoms with van der Waals surface area (Å²) in [6.45, 7) is 4.60. The predicted molar refractivity (Wildman–Crippen MR) is 86.0 cm³/mol. The van der Waals surface area contributed by atoms with E-state index in [1.807, 2.05) is 37.7 Å². The van der Waals surface area contributed by atoms with Gasteiger partial charge in [-0.1, -0.05) is 26.0 Å². The summed E-state index contributed by atoms with van der Waals surface area (Å²) < 4.78 is 0. The minimum Gasteiger partial charge on any atom is -0.465 e. The summed E-state index contributed by atoms with van der Waals surface area (Å²) >= 11 is 2.03. The van der Waals surface area contributed by atoms with E-state index in [0.717, 1.165) is 5.69 Å². The lowest BCUT2D eigenvalue weighted by Crippen LogP contribution is -2.32. The SMILES string of the molecule is CC(C)CN(C(=O)O)c1ccc(C2CCSCC2)cc1. The predicted octanol–water partition coefficient (Wildman–Crippen LogP) is 4.44. The van der Waals surface area contributed by atoms with Crippen molar-refractivity contribution in [3.63, 3.8) is 0 Å². The van der Waals surface area contributed by atoms with Crippen molar-refractivity contribution in [3.8, 4) is 0 Å². The molecule has 0 bridgehead atoms. The van der Waals surface area contributed by atoms with Crippen LogP contribution in [0.15, 0.2) is 24.3 Å². The van der Waals surface area contributed by atoms with Crippen molar-refractivity contribution in [3.05, 3.63) is 29.8 Å². The second-order valence-corrected chi connectivity index (χ2v) is 6.99. The highest BCUT2D eigenvalue weighted by Crippen LogP contribution is 2.32. The molecule has 4 heteroatoms. The zero-order chi connectivity index (χ0) is 14.5. The zero-order valence-electron chi connectivity index (χ0n) is 12.2. The highest BCUT2D eigenvalue weighted by molar-refractivity contribution is 7.99. The Hall–Kier alpha value is -1.16. The lowest BCUT2D eigenvalue weighted by Gasteiger charge is -2.24. The van der Waals surface area contributed by atoms with E-state index in [0.29, 0.717) is 18.4 Å². The van der Waals surface area contributed by atoms with Gasteiger partial charge in [0.1, 0.15) is 0 Å². The quantitative estimate of drug-likeness (QED) is 0.892. The first kappa shape index (κ1) is 15.2. The molecule has 1 aromatic carbocycles. The molecule has 0 aromatic heterocycles. The van der Waals surface area contributed by atoms with Gasteiger partial charge in [0.15, 0.2) is 0 Å². The van der Waals surface area contributed by atoms with E-state index in [9.17, 15) is 9.90 Å². The number of rotatable bonds is 4. The largest absolute Gasteiger partial charge is 0.465 e. The summed E-state index contributed by atoms with van der Waals surface area (Å²) in [5.74, 6) is 3.44. The molecule has 0 radical (unpaired) electrons. The Morgan fingerprint density at radius 2 is 1.90 bits per heavy atom. The van der Waals surface area contributed by atoms with Crippen LogP contribution >= 0.6 is 11.8 Å². The molecule has 1 N–H and O–H groups in total. The van der Waals surface area contributed by atoms with Crippen LogP contribution in [0.5, 0.6) is 0 Å². The Bertz CT molecular complexity index is 438. The van der Waals surface area contributed by atoms with E-state index < -0.39 is 6.09 Å². The van der Waals surface area contributed by atoms with Crippen LogP contribution in [0.1, 0.15) is 38.2 Å². The molecule has 1 fully saturated rings. The number of carbonyl (C=O) groups is 1. The molecule has 3 nitrogen and oxygen atoms in total. The van der Waals surface area contributed by atoms with Gasteiger partial charge in [0.2, 0.25) is 0 Å². The van der Waals surface area contributed by atoms with E-state index in [2.05, 4.69) is 12.1 Å². The molecule has 0 atom stereocenters. The summed E-state index contributed by atoms with van der Waals surface area (Å²) in [5.41, 5.74) is 2.13. The second kappa shape index (κ2) is 7.02. The van der Waals surface area contributed by atoms with E-state index in [1.54, 1.807) is 0 Å². The summed E-state index contributed by atoms with van der Waals surface area (Å²) in [5, 5.41) is 9.32. The van der Waals surface area contributed by atoms with Crippen LogP contribution < -0.4 is 4.90 Å². The standard InChI is InChI=1S/C16H23NO2S/c1-12(2)11-17(16(18)19)15-5-3-13(4-6-15)14-7-9-20-10-8-14/h3-6,12,14H,7-11H2,1-2H3,(H,18,19). The number of thioether (sulfide) groups is 1.